The Hall–Kier alpha value is -0.0366. The van der Waals surface area contributed by atoms with Crippen molar-refractivity contribution in [2.24, 2.45) is 0 Å². The Bertz CT molecular complexity index is 113. The maximum atomic E-state index is 9.14. The zero-order valence-electron chi connectivity index (χ0n) is 4.95. The molecule has 67 valence electrons. The number of hydrogen-bond donors (Lipinski definition) is 0. The van der Waals surface area contributed by atoms with Gasteiger partial charge < -0.3 is 9.90 Å². The van der Waals surface area contributed by atoms with E-state index in [-0.39, 0.29) is 19.5 Å². The van der Waals surface area contributed by atoms with Gasteiger partial charge in [-0.1, -0.05) is 6.58 Å². The second-order valence-corrected chi connectivity index (χ2v) is 1.66. The van der Waals surface area contributed by atoms with E-state index in [4.69, 9.17) is 28.5 Å². The number of halogens is 1. The number of aliphatic carboxylic acids is 1. The minimum absolute atomic E-state index is 0. The largest absolute Gasteiger partial charge is 2.00 e. The third-order valence-electron chi connectivity index (χ3n) is 0.167. The fraction of sp³-hybridized carbons (Fsp3) is 0. The molecule has 0 aliphatic heterocycles. The molecule has 0 rings (SSSR count). The molecule has 0 unspecified atom stereocenters. The van der Waals surface area contributed by atoms with Gasteiger partial charge in [0.05, 0.1) is 5.97 Å². The molecular formula is C3H3ClO6Rh. The third-order valence-corrected chi connectivity index (χ3v) is 0.167. The molecule has 1 radical (unpaired) electrons. The molecule has 0 N–H and O–H groups in total. The van der Waals surface area contributed by atoms with E-state index in [2.05, 4.69) is 6.58 Å². The standard InChI is InChI=1S/C3H4O2.ClHO4.Rh/c1-2-3(4)5;2-1(3,4)5;/h2H,1H2,(H,4,5);(H,2,3,4,5);/q;;+2/p-2. The van der Waals surface area contributed by atoms with Gasteiger partial charge in [0.1, 0.15) is 0 Å². The first-order valence-electron chi connectivity index (χ1n) is 1.72. The molecule has 0 fully saturated rings. The third kappa shape index (κ3) is 164. The van der Waals surface area contributed by atoms with Crippen LogP contribution in [-0.4, -0.2) is 5.97 Å². The fourth-order valence-electron chi connectivity index (χ4n) is 0. The molecule has 0 atom stereocenters. The number of carbonyl (C=O) groups excluding carboxylic acids is 1. The van der Waals surface area contributed by atoms with Crippen molar-refractivity contribution in [3.63, 3.8) is 0 Å². The SMILES string of the molecule is C=CC(=O)[O-].[O-][Cl+3]([O-])([O-])[O-].[Rh+2]. The quantitative estimate of drug-likeness (QED) is 0.345. The Labute approximate surface area is 77.3 Å². The number of carboxylic acids is 1. The summed E-state index contributed by atoms with van der Waals surface area (Å²) in [6.45, 7) is 2.90. The summed E-state index contributed by atoms with van der Waals surface area (Å²) in [7, 11) is -4.94. The second kappa shape index (κ2) is 8.06. The number of rotatable bonds is 1. The second-order valence-electron chi connectivity index (χ2n) is 0.901. The van der Waals surface area contributed by atoms with E-state index in [1.807, 2.05) is 0 Å². The molecule has 0 amide bonds. The van der Waals surface area contributed by atoms with Crippen molar-refractivity contribution in [3.05, 3.63) is 12.7 Å². The first kappa shape index (κ1) is 17.2. The molecule has 0 aromatic rings. The fourth-order valence-corrected chi connectivity index (χ4v) is 0. The van der Waals surface area contributed by atoms with Crippen LogP contribution >= 0.6 is 0 Å². The molecule has 0 saturated heterocycles. The van der Waals surface area contributed by atoms with Gasteiger partial charge >= 0.3 is 19.5 Å². The zero-order valence-corrected chi connectivity index (χ0v) is 7.34. The molecule has 0 heterocycles. The summed E-state index contributed by atoms with van der Waals surface area (Å²) < 4.78 is 34.0. The molecule has 6 nitrogen and oxygen atoms in total. The van der Waals surface area contributed by atoms with Crippen LogP contribution in [0.5, 0.6) is 0 Å². The van der Waals surface area contributed by atoms with Crippen LogP contribution < -0.4 is 23.7 Å². The van der Waals surface area contributed by atoms with Gasteiger partial charge in [-0.2, -0.15) is 0 Å². The van der Waals surface area contributed by atoms with Crippen LogP contribution in [-0.2, 0) is 24.3 Å². The average Bonchev–Trinajstić information content (AvgIpc) is 1.61. The Kier molecular flexibility index (Phi) is 12.6. The van der Waals surface area contributed by atoms with Gasteiger partial charge in [-0.05, 0) is 6.08 Å². The zero-order chi connectivity index (χ0) is 8.78. The van der Waals surface area contributed by atoms with Crippen LogP contribution in [0.25, 0.3) is 0 Å². The summed E-state index contributed by atoms with van der Waals surface area (Å²) >= 11 is 0. The molecule has 0 aliphatic carbocycles. The van der Waals surface area contributed by atoms with E-state index in [0.717, 1.165) is 6.08 Å². The molecular weight excluding hydrogens is 270 g/mol. The van der Waals surface area contributed by atoms with E-state index < -0.39 is 16.2 Å². The summed E-state index contributed by atoms with van der Waals surface area (Å²) in [5, 5.41) is 9.14. The molecule has 11 heavy (non-hydrogen) atoms. The van der Waals surface area contributed by atoms with Gasteiger partial charge in [0.2, 0.25) is 0 Å². The Morgan fingerprint density at radius 3 is 1.36 bits per heavy atom. The van der Waals surface area contributed by atoms with E-state index in [1.54, 1.807) is 0 Å². The smallest absolute Gasteiger partial charge is 0.545 e. The van der Waals surface area contributed by atoms with Crippen LogP contribution in [0.15, 0.2) is 12.7 Å². The number of hydrogen-bond acceptors (Lipinski definition) is 6. The van der Waals surface area contributed by atoms with E-state index in [0.29, 0.717) is 0 Å². The van der Waals surface area contributed by atoms with Crippen LogP contribution in [0.1, 0.15) is 0 Å². The van der Waals surface area contributed by atoms with Gasteiger partial charge in [-0.3, -0.25) is 0 Å². The van der Waals surface area contributed by atoms with E-state index in [1.165, 1.54) is 0 Å². The predicted octanol–water partition coefficient (Wildman–Crippen LogP) is -5.84. The van der Waals surface area contributed by atoms with Crippen LogP contribution in [0, 0.1) is 10.2 Å². The Morgan fingerprint density at radius 2 is 1.36 bits per heavy atom. The van der Waals surface area contributed by atoms with Crippen molar-refractivity contribution in [3.8, 4) is 0 Å². The minimum Gasteiger partial charge on any atom is -0.545 e. The first-order chi connectivity index (χ1) is 4.27. The van der Waals surface area contributed by atoms with Crippen molar-refractivity contribution in [2.45, 2.75) is 0 Å². The summed E-state index contributed by atoms with van der Waals surface area (Å²) in [4.78, 5) is 9.14. The van der Waals surface area contributed by atoms with E-state index >= 15 is 0 Å². The molecule has 0 spiro atoms. The Balaban J connectivity index is -0.000000107. The van der Waals surface area contributed by atoms with E-state index in [9.17, 15) is 0 Å². The van der Waals surface area contributed by atoms with Crippen molar-refractivity contribution >= 4 is 5.97 Å². The summed E-state index contributed by atoms with van der Waals surface area (Å²) in [6, 6.07) is 0. The summed E-state index contributed by atoms with van der Waals surface area (Å²) in [5.74, 6) is -1.23. The molecule has 8 heteroatoms. The van der Waals surface area contributed by atoms with Crippen LogP contribution in [0.4, 0.5) is 0 Å². The van der Waals surface area contributed by atoms with Crippen molar-refractivity contribution in [1.82, 2.24) is 0 Å². The summed E-state index contributed by atoms with van der Waals surface area (Å²) in [5.41, 5.74) is 0. The summed E-state index contributed by atoms with van der Waals surface area (Å²) in [6.07, 6.45) is 0.722. The Morgan fingerprint density at radius 1 is 1.27 bits per heavy atom. The van der Waals surface area contributed by atoms with Crippen LogP contribution in [0.3, 0.4) is 0 Å². The number of carboxylic acid groups (broad SMARTS) is 1. The first-order valence-corrected chi connectivity index (χ1v) is 2.96. The normalized spacial score (nSPS) is 8.36. The van der Waals surface area contributed by atoms with Gasteiger partial charge in [-0.25, -0.2) is 18.6 Å². The van der Waals surface area contributed by atoms with Gasteiger partial charge in [0.25, 0.3) is 0 Å². The van der Waals surface area contributed by atoms with Gasteiger partial charge in [0.15, 0.2) is 0 Å². The average molecular weight is 273 g/mol. The number of carbonyl (C=O) groups is 1. The molecule has 0 bridgehead atoms. The molecule has 0 aromatic heterocycles. The topological polar surface area (TPSA) is 132 Å². The van der Waals surface area contributed by atoms with Crippen molar-refractivity contribution in [1.29, 1.82) is 0 Å². The molecule has 0 aliphatic rings. The monoisotopic (exact) mass is 273 g/mol. The van der Waals surface area contributed by atoms with Gasteiger partial charge in [0, 0.05) is 0 Å². The van der Waals surface area contributed by atoms with Crippen molar-refractivity contribution < 1.29 is 58.3 Å². The predicted molar refractivity (Wildman–Crippen MR) is 15.2 cm³/mol. The maximum absolute atomic E-state index is 9.14. The minimum atomic E-state index is -4.94. The molecule has 0 saturated carbocycles. The van der Waals surface area contributed by atoms with Crippen LogP contribution in [0.2, 0.25) is 0 Å². The molecule has 0 aromatic carbocycles. The van der Waals surface area contributed by atoms with Gasteiger partial charge in [-0.15, -0.1) is 10.2 Å². The van der Waals surface area contributed by atoms with Crippen molar-refractivity contribution in [2.75, 3.05) is 0 Å². The maximum Gasteiger partial charge on any atom is 2.00 e.